The zero-order chi connectivity index (χ0) is 22.0. The lowest BCUT2D eigenvalue weighted by molar-refractivity contribution is -0.121. The fourth-order valence-electron chi connectivity index (χ4n) is 3.78. The van der Waals surface area contributed by atoms with E-state index in [0.717, 1.165) is 28.1 Å². The van der Waals surface area contributed by atoms with Crippen LogP contribution in [-0.2, 0) is 24.3 Å². The van der Waals surface area contributed by atoms with E-state index in [1.54, 1.807) is 11.0 Å². The van der Waals surface area contributed by atoms with Crippen molar-refractivity contribution in [2.75, 3.05) is 4.90 Å². The Morgan fingerprint density at radius 1 is 1.16 bits per heavy atom. The van der Waals surface area contributed by atoms with Crippen molar-refractivity contribution >= 4 is 17.5 Å². The van der Waals surface area contributed by atoms with E-state index in [0.29, 0.717) is 5.76 Å². The number of carbonyl (C=O) groups excluding carboxylic acids is 2. The van der Waals surface area contributed by atoms with Gasteiger partial charge in [-0.05, 0) is 50.1 Å². The van der Waals surface area contributed by atoms with Crippen molar-refractivity contribution in [3.05, 3.63) is 81.7 Å². The topological polar surface area (TPSA) is 97.4 Å². The minimum absolute atomic E-state index is 0.00286. The van der Waals surface area contributed by atoms with E-state index >= 15 is 0 Å². The molecule has 1 aliphatic heterocycles. The SMILES string of the molecule is Cc1ccc(CNC(=O)CCn2nc(C(=O)N3c4ccccc4C[C@H]3C)ccc2=O)o1. The van der Waals surface area contributed by atoms with Crippen LogP contribution >= 0.6 is 0 Å². The van der Waals surface area contributed by atoms with Gasteiger partial charge in [0.1, 0.15) is 17.2 Å². The van der Waals surface area contributed by atoms with Crippen LogP contribution in [0.25, 0.3) is 0 Å². The Hall–Kier alpha value is -3.68. The monoisotopic (exact) mass is 420 g/mol. The van der Waals surface area contributed by atoms with Crippen LogP contribution in [0.4, 0.5) is 5.69 Å². The maximum atomic E-state index is 13.1. The molecule has 0 radical (unpaired) electrons. The molecule has 2 amide bonds. The lowest BCUT2D eigenvalue weighted by atomic mass is 10.1. The maximum Gasteiger partial charge on any atom is 0.278 e. The molecule has 0 saturated heterocycles. The van der Waals surface area contributed by atoms with Gasteiger partial charge < -0.3 is 14.6 Å². The van der Waals surface area contributed by atoms with Gasteiger partial charge in [0.05, 0.1) is 13.1 Å². The number of hydrogen-bond donors (Lipinski definition) is 1. The number of nitrogens with zero attached hydrogens (tertiary/aromatic N) is 3. The summed E-state index contributed by atoms with van der Waals surface area (Å²) in [5.41, 5.74) is 1.79. The van der Waals surface area contributed by atoms with Crippen LogP contribution in [-0.4, -0.2) is 27.6 Å². The lowest BCUT2D eigenvalue weighted by Crippen LogP contribution is -2.38. The number of furan rings is 1. The van der Waals surface area contributed by atoms with Crippen molar-refractivity contribution in [3.8, 4) is 0 Å². The Balaban J connectivity index is 1.43. The van der Waals surface area contributed by atoms with Gasteiger partial charge in [-0.1, -0.05) is 18.2 Å². The molecule has 3 heterocycles. The van der Waals surface area contributed by atoms with Gasteiger partial charge in [0, 0.05) is 24.2 Å². The van der Waals surface area contributed by atoms with Crippen molar-refractivity contribution < 1.29 is 14.0 Å². The molecule has 1 atom stereocenters. The highest BCUT2D eigenvalue weighted by atomic mass is 16.3. The Labute approximate surface area is 179 Å². The highest BCUT2D eigenvalue weighted by Crippen LogP contribution is 2.32. The van der Waals surface area contributed by atoms with Crippen molar-refractivity contribution in [3.63, 3.8) is 0 Å². The molecule has 0 saturated carbocycles. The highest BCUT2D eigenvalue weighted by molar-refractivity contribution is 6.06. The summed E-state index contributed by atoms with van der Waals surface area (Å²) in [6, 6.07) is 14.2. The number of para-hydroxylation sites is 1. The lowest BCUT2D eigenvalue weighted by Gasteiger charge is -2.22. The molecule has 2 aromatic heterocycles. The van der Waals surface area contributed by atoms with Crippen molar-refractivity contribution in [1.82, 2.24) is 15.1 Å². The molecule has 4 rings (SSSR count). The molecule has 31 heavy (non-hydrogen) atoms. The minimum Gasteiger partial charge on any atom is -0.465 e. The molecule has 0 aliphatic carbocycles. The molecule has 0 spiro atoms. The predicted octanol–water partition coefficient (Wildman–Crippen LogP) is 2.44. The summed E-state index contributed by atoms with van der Waals surface area (Å²) in [6.45, 7) is 4.17. The Kier molecular flexibility index (Phi) is 5.70. The molecule has 3 aromatic rings. The number of anilines is 1. The van der Waals surface area contributed by atoms with E-state index in [1.165, 1.54) is 12.1 Å². The zero-order valence-corrected chi connectivity index (χ0v) is 17.5. The molecule has 0 unspecified atom stereocenters. The van der Waals surface area contributed by atoms with Gasteiger partial charge in [0.15, 0.2) is 0 Å². The van der Waals surface area contributed by atoms with Crippen molar-refractivity contribution in [2.45, 2.75) is 45.8 Å². The molecule has 0 bridgehead atoms. The van der Waals surface area contributed by atoms with Crippen LogP contribution in [0.3, 0.4) is 0 Å². The number of carbonyl (C=O) groups is 2. The normalized spacial score (nSPS) is 15.0. The van der Waals surface area contributed by atoms with Crippen LogP contribution in [0.2, 0.25) is 0 Å². The zero-order valence-electron chi connectivity index (χ0n) is 17.5. The first kappa shape index (κ1) is 20.6. The first-order chi connectivity index (χ1) is 14.9. The number of hydrogen-bond acceptors (Lipinski definition) is 5. The molecule has 8 nitrogen and oxygen atoms in total. The number of rotatable bonds is 6. The van der Waals surface area contributed by atoms with Gasteiger partial charge in [-0.2, -0.15) is 5.10 Å². The van der Waals surface area contributed by atoms with Crippen molar-refractivity contribution in [1.29, 1.82) is 0 Å². The third-order valence-electron chi connectivity index (χ3n) is 5.32. The van der Waals surface area contributed by atoms with Gasteiger partial charge in [-0.15, -0.1) is 0 Å². The summed E-state index contributed by atoms with van der Waals surface area (Å²) in [5.74, 6) is 0.940. The summed E-state index contributed by atoms with van der Waals surface area (Å²) in [6.07, 6.45) is 0.837. The van der Waals surface area contributed by atoms with Gasteiger partial charge in [-0.3, -0.25) is 14.4 Å². The third kappa shape index (κ3) is 4.42. The van der Waals surface area contributed by atoms with Gasteiger partial charge >= 0.3 is 0 Å². The molecule has 160 valence electrons. The van der Waals surface area contributed by atoms with Crippen molar-refractivity contribution in [2.24, 2.45) is 0 Å². The second-order valence-corrected chi connectivity index (χ2v) is 7.68. The van der Waals surface area contributed by atoms with E-state index in [9.17, 15) is 14.4 Å². The van der Waals surface area contributed by atoms with Crippen LogP contribution in [0.15, 0.2) is 57.7 Å². The predicted molar refractivity (Wildman–Crippen MR) is 115 cm³/mol. The number of aromatic nitrogens is 2. The second kappa shape index (κ2) is 8.59. The first-order valence-corrected chi connectivity index (χ1v) is 10.2. The summed E-state index contributed by atoms with van der Waals surface area (Å²) >= 11 is 0. The third-order valence-corrected chi connectivity index (χ3v) is 5.32. The first-order valence-electron chi connectivity index (χ1n) is 10.2. The smallest absolute Gasteiger partial charge is 0.278 e. The Morgan fingerprint density at radius 2 is 1.97 bits per heavy atom. The van der Waals surface area contributed by atoms with E-state index in [1.807, 2.05) is 44.2 Å². The fourth-order valence-corrected chi connectivity index (χ4v) is 3.78. The van der Waals surface area contributed by atoms with E-state index in [2.05, 4.69) is 10.4 Å². The Morgan fingerprint density at radius 3 is 2.74 bits per heavy atom. The van der Waals surface area contributed by atoms with Gasteiger partial charge in [0.2, 0.25) is 5.91 Å². The molecule has 1 N–H and O–H groups in total. The summed E-state index contributed by atoms with van der Waals surface area (Å²) < 4.78 is 6.58. The van der Waals surface area contributed by atoms with Gasteiger partial charge in [0.25, 0.3) is 11.5 Å². The van der Waals surface area contributed by atoms with Crippen LogP contribution in [0.1, 0.15) is 40.9 Å². The van der Waals surface area contributed by atoms with Crippen LogP contribution in [0, 0.1) is 6.92 Å². The van der Waals surface area contributed by atoms with E-state index < -0.39 is 0 Å². The molecule has 1 aromatic carbocycles. The molecule has 0 fully saturated rings. The Bertz CT molecular complexity index is 1180. The fraction of sp³-hybridized carbons (Fsp3) is 0.304. The van der Waals surface area contributed by atoms with Crippen LogP contribution in [0.5, 0.6) is 0 Å². The van der Waals surface area contributed by atoms with Gasteiger partial charge in [-0.25, -0.2) is 4.68 Å². The standard InChI is InChI=1S/C23H24N4O4/c1-15-13-17-5-3-4-6-20(17)27(15)23(30)19-9-10-22(29)26(25-19)12-11-21(28)24-14-18-8-7-16(2)31-18/h3-10,15H,11-14H2,1-2H3,(H,24,28)/t15-/m1/s1. The largest absolute Gasteiger partial charge is 0.465 e. The summed E-state index contributed by atoms with van der Waals surface area (Å²) in [7, 11) is 0. The number of nitrogens with one attached hydrogen (secondary N) is 1. The number of aryl methyl sites for hydroxylation is 2. The molecule has 8 heteroatoms. The van der Waals surface area contributed by atoms with E-state index in [4.69, 9.17) is 4.42 Å². The highest BCUT2D eigenvalue weighted by Gasteiger charge is 2.32. The molecular formula is C23H24N4O4. The number of amides is 2. The second-order valence-electron chi connectivity index (χ2n) is 7.68. The molecular weight excluding hydrogens is 396 g/mol. The number of benzene rings is 1. The summed E-state index contributed by atoms with van der Waals surface area (Å²) in [5, 5.41) is 6.98. The average molecular weight is 420 g/mol. The average Bonchev–Trinajstić information content (AvgIpc) is 3.32. The maximum absolute atomic E-state index is 13.1. The minimum atomic E-state index is -0.360. The quantitative estimate of drug-likeness (QED) is 0.661. The van der Waals surface area contributed by atoms with E-state index in [-0.39, 0.29) is 48.6 Å². The van der Waals surface area contributed by atoms with Crippen LogP contribution < -0.4 is 15.8 Å². The summed E-state index contributed by atoms with van der Waals surface area (Å²) in [4.78, 5) is 39.2. The molecule has 1 aliphatic rings. The number of fused-ring (bicyclic) bond motifs is 1.